The molecule has 2 amide bonds. The number of nitrogens with one attached hydrogen (secondary N) is 2. The van der Waals surface area contributed by atoms with Crippen molar-refractivity contribution < 1.29 is 4.79 Å². The van der Waals surface area contributed by atoms with Crippen LogP contribution in [0.1, 0.15) is 26.3 Å². The van der Waals surface area contributed by atoms with E-state index in [2.05, 4.69) is 40.4 Å². The highest BCUT2D eigenvalue weighted by atomic mass is 79.9. The van der Waals surface area contributed by atoms with Gasteiger partial charge in [-0.1, -0.05) is 25.5 Å². The van der Waals surface area contributed by atoms with E-state index in [9.17, 15) is 4.79 Å². The number of allylic oxidation sites excluding steroid dienone is 1. The Morgan fingerprint density at radius 3 is 2.61 bits per heavy atom. The predicted molar refractivity (Wildman–Crippen MR) is 79.6 cm³/mol. The van der Waals surface area contributed by atoms with Crippen LogP contribution in [0.5, 0.6) is 0 Å². The molecule has 0 aliphatic heterocycles. The Bertz CT molecular complexity index is 467. The molecule has 3 nitrogen and oxygen atoms in total. The van der Waals surface area contributed by atoms with Crippen molar-refractivity contribution in [3.05, 3.63) is 40.0 Å². The minimum Gasteiger partial charge on any atom is -0.314 e. The monoisotopic (exact) mass is 310 g/mol. The van der Waals surface area contributed by atoms with Gasteiger partial charge in [0.1, 0.15) is 0 Å². The Labute approximate surface area is 117 Å². The van der Waals surface area contributed by atoms with Crippen molar-refractivity contribution in [2.45, 2.75) is 27.7 Å². The predicted octanol–water partition coefficient (Wildman–Crippen LogP) is 4.44. The average Bonchev–Trinajstić information content (AvgIpc) is 2.29. The van der Waals surface area contributed by atoms with Crippen LogP contribution in [0.3, 0.4) is 0 Å². The fourth-order valence-electron chi connectivity index (χ4n) is 1.23. The maximum Gasteiger partial charge on any atom is 0.323 e. The first kappa shape index (κ1) is 14.8. The standard InChI is InChI=1S/C14H19BrN2O/c1-9(2)11(4)8-16-14(18)17-13-6-5-10(3)7-12(13)15/h5-9H,1-4H3,(H2,16,17,18)/b11-8+. The van der Waals surface area contributed by atoms with Gasteiger partial charge in [-0.25, -0.2) is 4.79 Å². The van der Waals surface area contributed by atoms with E-state index in [1.54, 1.807) is 6.20 Å². The highest BCUT2D eigenvalue weighted by Gasteiger charge is 2.04. The molecule has 0 bridgehead atoms. The van der Waals surface area contributed by atoms with Gasteiger partial charge >= 0.3 is 6.03 Å². The van der Waals surface area contributed by atoms with Crippen LogP contribution in [-0.2, 0) is 0 Å². The summed E-state index contributed by atoms with van der Waals surface area (Å²) in [7, 11) is 0. The van der Waals surface area contributed by atoms with Gasteiger partial charge < -0.3 is 10.6 Å². The molecule has 4 heteroatoms. The van der Waals surface area contributed by atoms with E-state index in [1.165, 1.54) is 0 Å². The summed E-state index contributed by atoms with van der Waals surface area (Å²) < 4.78 is 0.877. The van der Waals surface area contributed by atoms with E-state index in [4.69, 9.17) is 0 Å². The average molecular weight is 311 g/mol. The van der Waals surface area contributed by atoms with Crippen molar-refractivity contribution in [1.82, 2.24) is 5.32 Å². The summed E-state index contributed by atoms with van der Waals surface area (Å²) in [5.74, 6) is 0.427. The smallest absolute Gasteiger partial charge is 0.314 e. The quantitative estimate of drug-likeness (QED) is 0.851. The highest BCUT2D eigenvalue weighted by Crippen LogP contribution is 2.23. The molecule has 0 aliphatic carbocycles. The summed E-state index contributed by atoms with van der Waals surface area (Å²) in [5, 5.41) is 5.51. The van der Waals surface area contributed by atoms with Crippen LogP contribution in [0, 0.1) is 12.8 Å². The minimum absolute atomic E-state index is 0.237. The van der Waals surface area contributed by atoms with Crippen molar-refractivity contribution in [3.63, 3.8) is 0 Å². The number of halogens is 1. The molecule has 0 aromatic heterocycles. The molecule has 0 saturated carbocycles. The van der Waals surface area contributed by atoms with Crippen molar-refractivity contribution >= 4 is 27.6 Å². The van der Waals surface area contributed by atoms with Gasteiger partial charge in [-0.3, -0.25) is 0 Å². The zero-order chi connectivity index (χ0) is 13.7. The van der Waals surface area contributed by atoms with Gasteiger partial charge in [0.15, 0.2) is 0 Å². The van der Waals surface area contributed by atoms with E-state index in [0.29, 0.717) is 5.92 Å². The van der Waals surface area contributed by atoms with Gasteiger partial charge in [0.2, 0.25) is 0 Å². The van der Waals surface area contributed by atoms with Crippen LogP contribution < -0.4 is 10.6 Å². The fourth-order valence-corrected chi connectivity index (χ4v) is 1.82. The summed E-state index contributed by atoms with van der Waals surface area (Å²) in [6.45, 7) is 8.17. The van der Waals surface area contributed by atoms with Crippen molar-refractivity contribution in [2.24, 2.45) is 5.92 Å². The molecule has 0 unspecified atom stereocenters. The Hall–Kier alpha value is -1.29. The minimum atomic E-state index is -0.237. The SMILES string of the molecule is C/C(=C\NC(=O)Nc1ccc(C)cc1Br)C(C)C. The summed E-state index contributed by atoms with van der Waals surface area (Å²) in [6, 6.07) is 5.55. The third-order valence-corrected chi connectivity index (χ3v) is 3.37. The zero-order valence-corrected chi connectivity index (χ0v) is 12.8. The van der Waals surface area contributed by atoms with Gasteiger partial charge in [0, 0.05) is 10.7 Å². The Kier molecular flexibility index (Phi) is 5.41. The molecule has 1 aromatic rings. The number of benzene rings is 1. The molecule has 0 radical (unpaired) electrons. The number of urea groups is 1. The van der Waals surface area contributed by atoms with Gasteiger partial charge in [-0.2, -0.15) is 0 Å². The summed E-state index contributed by atoms with van der Waals surface area (Å²) in [6.07, 6.45) is 1.74. The Morgan fingerprint density at radius 2 is 2.06 bits per heavy atom. The molecule has 0 saturated heterocycles. The van der Waals surface area contributed by atoms with Gasteiger partial charge in [0.25, 0.3) is 0 Å². The van der Waals surface area contributed by atoms with E-state index in [0.717, 1.165) is 21.3 Å². The number of hydrogen-bond donors (Lipinski definition) is 2. The van der Waals surface area contributed by atoms with Gasteiger partial charge in [-0.15, -0.1) is 0 Å². The molecule has 2 N–H and O–H groups in total. The summed E-state index contributed by atoms with van der Waals surface area (Å²) >= 11 is 3.42. The maximum atomic E-state index is 11.7. The lowest BCUT2D eigenvalue weighted by Gasteiger charge is -2.09. The van der Waals surface area contributed by atoms with E-state index in [1.807, 2.05) is 32.0 Å². The second-order valence-electron chi connectivity index (χ2n) is 4.62. The topological polar surface area (TPSA) is 41.1 Å². The molecule has 18 heavy (non-hydrogen) atoms. The molecule has 0 spiro atoms. The second kappa shape index (κ2) is 6.59. The number of anilines is 1. The van der Waals surface area contributed by atoms with Gasteiger partial charge in [-0.05, 0) is 53.4 Å². The number of carbonyl (C=O) groups excluding carboxylic acids is 1. The van der Waals surface area contributed by atoms with Crippen LogP contribution in [0.2, 0.25) is 0 Å². The molecule has 0 aliphatic rings. The largest absolute Gasteiger partial charge is 0.323 e. The van der Waals surface area contributed by atoms with Crippen molar-refractivity contribution in [1.29, 1.82) is 0 Å². The lowest BCUT2D eigenvalue weighted by molar-refractivity contribution is 0.255. The first-order valence-corrected chi connectivity index (χ1v) is 6.69. The number of carbonyl (C=O) groups is 1. The zero-order valence-electron chi connectivity index (χ0n) is 11.2. The molecule has 0 fully saturated rings. The molecule has 98 valence electrons. The number of aryl methyl sites for hydroxylation is 1. The lowest BCUT2D eigenvalue weighted by Crippen LogP contribution is -2.24. The third kappa shape index (κ3) is 4.53. The van der Waals surface area contributed by atoms with Crippen LogP contribution in [-0.4, -0.2) is 6.03 Å². The normalized spacial score (nSPS) is 11.6. The van der Waals surface area contributed by atoms with Crippen LogP contribution >= 0.6 is 15.9 Å². The molecule has 0 atom stereocenters. The number of amides is 2. The molecule has 0 heterocycles. The van der Waals surface area contributed by atoms with E-state index >= 15 is 0 Å². The first-order valence-electron chi connectivity index (χ1n) is 5.90. The highest BCUT2D eigenvalue weighted by molar-refractivity contribution is 9.10. The third-order valence-electron chi connectivity index (χ3n) is 2.71. The number of hydrogen-bond acceptors (Lipinski definition) is 1. The lowest BCUT2D eigenvalue weighted by atomic mass is 10.1. The maximum absolute atomic E-state index is 11.7. The van der Waals surface area contributed by atoms with Crippen molar-refractivity contribution in [2.75, 3.05) is 5.32 Å². The van der Waals surface area contributed by atoms with Gasteiger partial charge in [0.05, 0.1) is 5.69 Å². The molecule has 1 rings (SSSR count). The van der Waals surface area contributed by atoms with Crippen LogP contribution in [0.25, 0.3) is 0 Å². The molecular formula is C14H19BrN2O. The molecular weight excluding hydrogens is 292 g/mol. The van der Waals surface area contributed by atoms with Crippen molar-refractivity contribution in [3.8, 4) is 0 Å². The molecule has 1 aromatic carbocycles. The Balaban J connectivity index is 2.63. The Morgan fingerprint density at radius 1 is 1.39 bits per heavy atom. The van der Waals surface area contributed by atoms with E-state index in [-0.39, 0.29) is 6.03 Å². The van der Waals surface area contributed by atoms with E-state index < -0.39 is 0 Å². The fraction of sp³-hybridized carbons (Fsp3) is 0.357. The summed E-state index contributed by atoms with van der Waals surface area (Å²) in [4.78, 5) is 11.7. The first-order chi connectivity index (χ1) is 8.40. The summed E-state index contributed by atoms with van der Waals surface area (Å²) in [5.41, 5.74) is 3.03. The van der Waals surface area contributed by atoms with Crippen LogP contribution in [0.4, 0.5) is 10.5 Å². The number of rotatable bonds is 3. The van der Waals surface area contributed by atoms with Crippen LogP contribution in [0.15, 0.2) is 34.4 Å². The second-order valence-corrected chi connectivity index (χ2v) is 5.48.